The van der Waals surface area contributed by atoms with Crippen LogP contribution in [-0.2, 0) is 9.59 Å². The molecule has 7 heteroatoms. The quantitative estimate of drug-likeness (QED) is 0.752. The minimum atomic E-state index is -0.122. The highest BCUT2D eigenvalue weighted by Crippen LogP contribution is 2.21. The van der Waals surface area contributed by atoms with E-state index in [0.29, 0.717) is 37.0 Å². The van der Waals surface area contributed by atoms with Gasteiger partial charge >= 0.3 is 0 Å². The first-order valence-corrected chi connectivity index (χ1v) is 10.5. The van der Waals surface area contributed by atoms with Crippen molar-refractivity contribution in [3.05, 3.63) is 28.8 Å². The normalized spacial score (nSPS) is 19.4. The molecule has 0 aliphatic carbocycles. The summed E-state index contributed by atoms with van der Waals surface area (Å²) in [6, 6.07) is 5.26. The highest BCUT2D eigenvalue weighted by Gasteiger charge is 2.30. The lowest BCUT2D eigenvalue weighted by atomic mass is 10.1. The standard InChI is InChI=1S/C21H30ClN3O3/c1-16-14-18(6-7-19(16)22)28-15-20(26)24-12-10-23(11-13-24)17(2)21(27)25-8-4-3-5-9-25/h6-7,14,17H,3-5,8-13,15H2,1-2H3. The van der Waals surface area contributed by atoms with Gasteiger partial charge in [0, 0.05) is 44.3 Å². The van der Waals surface area contributed by atoms with E-state index >= 15 is 0 Å². The first-order chi connectivity index (χ1) is 13.5. The molecule has 2 saturated heterocycles. The summed E-state index contributed by atoms with van der Waals surface area (Å²) in [4.78, 5) is 31.2. The first kappa shape index (κ1) is 20.9. The number of piperazine rings is 1. The van der Waals surface area contributed by atoms with Crippen molar-refractivity contribution in [2.45, 2.75) is 39.2 Å². The number of halogens is 1. The Morgan fingerprint density at radius 1 is 1.04 bits per heavy atom. The zero-order valence-corrected chi connectivity index (χ0v) is 17.6. The second-order valence-corrected chi connectivity index (χ2v) is 8.09. The van der Waals surface area contributed by atoms with E-state index in [4.69, 9.17) is 16.3 Å². The third-order valence-electron chi connectivity index (χ3n) is 5.73. The summed E-state index contributed by atoms with van der Waals surface area (Å²) in [6.45, 7) is 8.34. The van der Waals surface area contributed by atoms with Crippen LogP contribution in [0.5, 0.6) is 5.75 Å². The van der Waals surface area contributed by atoms with Gasteiger partial charge in [-0.25, -0.2) is 0 Å². The highest BCUT2D eigenvalue weighted by atomic mass is 35.5. The number of carbonyl (C=O) groups excluding carboxylic acids is 2. The molecule has 2 amide bonds. The van der Waals surface area contributed by atoms with E-state index in [1.807, 2.05) is 29.7 Å². The molecule has 1 unspecified atom stereocenters. The average molecular weight is 408 g/mol. The Labute approximate surface area is 172 Å². The van der Waals surface area contributed by atoms with Crippen molar-refractivity contribution in [1.29, 1.82) is 0 Å². The Balaban J connectivity index is 1.44. The van der Waals surface area contributed by atoms with Crippen LogP contribution in [0, 0.1) is 6.92 Å². The van der Waals surface area contributed by atoms with E-state index in [9.17, 15) is 9.59 Å². The van der Waals surface area contributed by atoms with E-state index in [-0.39, 0.29) is 24.5 Å². The Morgan fingerprint density at radius 2 is 1.71 bits per heavy atom. The SMILES string of the molecule is Cc1cc(OCC(=O)N2CCN(C(C)C(=O)N3CCCCC3)CC2)ccc1Cl. The summed E-state index contributed by atoms with van der Waals surface area (Å²) in [7, 11) is 0. The molecule has 28 heavy (non-hydrogen) atoms. The second-order valence-electron chi connectivity index (χ2n) is 7.68. The molecule has 0 aromatic heterocycles. The third kappa shape index (κ3) is 5.17. The molecular weight excluding hydrogens is 378 g/mol. The van der Waals surface area contributed by atoms with Gasteiger partial charge in [-0.05, 0) is 56.9 Å². The van der Waals surface area contributed by atoms with Crippen LogP contribution in [0.3, 0.4) is 0 Å². The zero-order valence-electron chi connectivity index (χ0n) is 16.8. The maximum atomic E-state index is 12.7. The largest absolute Gasteiger partial charge is 0.484 e. The van der Waals surface area contributed by atoms with E-state index in [1.165, 1.54) is 6.42 Å². The molecule has 1 aromatic rings. The van der Waals surface area contributed by atoms with Gasteiger partial charge in [0.05, 0.1) is 6.04 Å². The van der Waals surface area contributed by atoms with Crippen LogP contribution in [0.1, 0.15) is 31.7 Å². The van der Waals surface area contributed by atoms with Crippen molar-refractivity contribution in [1.82, 2.24) is 14.7 Å². The summed E-state index contributed by atoms with van der Waals surface area (Å²) in [5.74, 6) is 0.845. The highest BCUT2D eigenvalue weighted by molar-refractivity contribution is 6.31. The van der Waals surface area contributed by atoms with Crippen molar-refractivity contribution in [2.24, 2.45) is 0 Å². The molecule has 2 aliphatic heterocycles. The molecule has 2 heterocycles. The van der Waals surface area contributed by atoms with Gasteiger partial charge in [0.1, 0.15) is 5.75 Å². The summed E-state index contributed by atoms with van der Waals surface area (Å²) in [5.41, 5.74) is 0.924. The van der Waals surface area contributed by atoms with E-state index < -0.39 is 0 Å². The Morgan fingerprint density at radius 3 is 2.36 bits per heavy atom. The lowest BCUT2D eigenvalue weighted by Crippen LogP contribution is -2.56. The molecule has 0 bridgehead atoms. The third-order valence-corrected chi connectivity index (χ3v) is 6.16. The van der Waals surface area contributed by atoms with E-state index in [2.05, 4.69) is 4.90 Å². The van der Waals surface area contributed by atoms with Crippen molar-refractivity contribution in [2.75, 3.05) is 45.9 Å². The van der Waals surface area contributed by atoms with Gasteiger partial charge in [-0.15, -0.1) is 0 Å². The number of piperidine rings is 1. The molecule has 1 aromatic carbocycles. The monoisotopic (exact) mass is 407 g/mol. The van der Waals surface area contributed by atoms with Crippen molar-refractivity contribution < 1.29 is 14.3 Å². The molecule has 1 atom stereocenters. The molecule has 0 radical (unpaired) electrons. The Kier molecular flexibility index (Phi) is 7.18. The van der Waals surface area contributed by atoms with Crippen LogP contribution in [0.4, 0.5) is 0 Å². The number of hydrogen-bond donors (Lipinski definition) is 0. The number of carbonyl (C=O) groups is 2. The van der Waals surface area contributed by atoms with Crippen LogP contribution >= 0.6 is 11.6 Å². The topological polar surface area (TPSA) is 53.1 Å². The number of rotatable bonds is 5. The lowest BCUT2D eigenvalue weighted by molar-refractivity contribution is -0.140. The number of hydrogen-bond acceptors (Lipinski definition) is 4. The summed E-state index contributed by atoms with van der Waals surface area (Å²) in [5, 5.41) is 0.683. The van der Waals surface area contributed by atoms with Crippen molar-refractivity contribution in [3.63, 3.8) is 0 Å². The van der Waals surface area contributed by atoms with Gasteiger partial charge in [0.25, 0.3) is 5.91 Å². The minimum absolute atomic E-state index is 0.0172. The predicted molar refractivity (Wildman–Crippen MR) is 110 cm³/mol. The molecular formula is C21H30ClN3O3. The second kappa shape index (κ2) is 9.61. The van der Waals surface area contributed by atoms with Gasteiger partial charge in [-0.3, -0.25) is 14.5 Å². The molecule has 3 rings (SSSR count). The number of benzene rings is 1. The Bertz CT molecular complexity index is 698. The zero-order chi connectivity index (χ0) is 20.1. The average Bonchev–Trinajstić information content (AvgIpc) is 2.74. The lowest BCUT2D eigenvalue weighted by Gasteiger charge is -2.39. The van der Waals surface area contributed by atoms with Crippen molar-refractivity contribution >= 4 is 23.4 Å². The first-order valence-electron chi connectivity index (χ1n) is 10.2. The van der Waals surface area contributed by atoms with Crippen LogP contribution in [0.2, 0.25) is 5.02 Å². The molecule has 6 nitrogen and oxygen atoms in total. The van der Waals surface area contributed by atoms with Crippen molar-refractivity contribution in [3.8, 4) is 5.75 Å². The van der Waals surface area contributed by atoms with Crippen LogP contribution < -0.4 is 4.74 Å². The molecule has 2 fully saturated rings. The maximum absolute atomic E-state index is 12.7. The Hall–Kier alpha value is -1.79. The van der Waals surface area contributed by atoms with Crippen LogP contribution in [0.15, 0.2) is 18.2 Å². The summed E-state index contributed by atoms with van der Waals surface area (Å²) in [6.07, 6.45) is 3.43. The predicted octanol–water partition coefficient (Wildman–Crippen LogP) is 2.57. The number of ether oxygens (including phenoxy) is 1. The summed E-state index contributed by atoms with van der Waals surface area (Å²) >= 11 is 6.01. The molecule has 0 spiro atoms. The molecule has 2 aliphatic rings. The number of nitrogens with zero attached hydrogens (tertiary/aromatic N) is 3. The fourth-order valence-corrected chi connectivity index (χ4v) is 3.95. The van der Waals surface area contributed by atoms with Gasteiger partial charge in [-0.1, -0.05) is 11.6 Å². The van der Waals surface area contributed by atoms with Gasteiger partial charge < -0.3 is 14.5 Å². The smallest absolute Gasteiger partial charge is 0.260 e. The number of aryl methyl sites for hydroxylation is 1. The fraction of sp³-hybridized carbons (Fsp3) is 0.619. The van der Waals surface area contributed by atoms with Crippen LogP contribution in [0.25, 0.3) is 0 Å². The fourth-order valence-electron chi connectivity index (χ4n) is 3.84. The van der Waals surface area contributed by atoms with Gasteiger partial charge in [-0.2, -0.15) is 0 Å². The van der Waals surface area contributed by atoms with Gasteiger partial charge in [0.2, 0.25) is 5.91 Å². The van der Waals surface area contributed by atoms with Crippen LogP contribution in [-0.4, -0.2) is 78.4 Å². The minimum Gasteiger partial charge on any atom is -0.484 e. The van der Waals surface area contributed by atoms with E-state index in [1.54, 1.807) is 12.1 Å². The number of likely N-dealkylation sites (tertiary alicyclic amines) is 1. The summed E-state index contributed by atoms with van der Waals surface area (Å²) < 4.78 is 5.62. The van der Waals surface area contributed by atoms with Gasteiger partial charge in [0.15, 0.2) is 6.61 Å². The molecule has 154 valence electrons. The van der Waals surface area contributed by atoms with E-state index in [0.717, 1.165) is 31.5 Å². The maximum Gasteiger partial charge on any atom is 0.260 e. The molecule has 0 saturated carbocycles. The number of amides is 2. The molecule has 0 N–H and O–H groups in total.